The second kappa shape index (κ2) is 8.48. The molecule has 0 bridgehead atoms. The molecule has 0 aromatic rings. The van der Waals surface area contributed by atoms with E-state index in [4.69, 9.17) is 10.5 Å². The summed E-state index contributed by atoms with van der Waals surface area (Å²) in [6.07, 6.45) is 7.78. The molecule has 1 aliphatic carbocycles. The zero-order valence-corrected chi connectivity index (χ0v) is 10.9. The summed E-state index contributed by atoms with van der Waals surface area (Å²) < 4.78 is 4.86. The number of ether oxygens (including phenoxy) is 1. The lowest BCUT2D eigenvalue weighted by atomic mass is 9.96. The highest BCUT2D eigenvalue weighted by molar-refractivity contribution is 5.72. The minimum Gasteiger partial charge on any atom is -0.469 e. The molecular formula is C13H26N2O2. The Morgan fingerprint density at radius 3 is 2.71 bits per heavy atom. The number of rotatable bonds is 4. The van der Waals surface area contributed by atoms with Gasteiger partial charge in [-0.2, -0.15) is 0 Å². The van der Waals surface area contributed by atoms with Crippen LogP contribution in [0, 0.1) is 5.92 Å². The third kappa shape index (κ3) is 5.50. The molecule has 0 saturated heterocycles. The van der Waals surface area contributed by atoms with Gasteiger partial charge in [-0.3, -0.25) is 4.79 Å². The van der Waals surface area contributed by atoms with Gasteiger partial charge in [0.15, 0.2) is 0 Å². The fraction of sp³-hybridized carbons (Fsp3) is 0.923. The maximum absolute atomic E-state index is 11.6. The van der Waals surface area contributed by atoms with E-state index in [0.29, 0.717) is 12.6 Å². The van der Waals surface area contributed by atoms with Gasteiger partial charge in [0.2, 0.25) is 0 Å². The highest BCUT2D eigenvalue weighted by Gasteiger charge is 2.21. The highest BCUT2D eigenvalue weighted by Crippen LogP contribution is 2.23. The second-order valence-corrected chi connectivity index (χ2v) is 4.88. The Labute approximate surface area is 104 Å². The molecule has 4 nitrogen and oxygen atoms in total. The lowest BCUT2D eigenvalue weighted by molar-refractivity contribution is -0.146. The molecule has 0 amide bonds. The molecule has 0 radical (unpaired) electrons. The van der Waals surface area contributed by atoms with Crippen LogP contribution in [0.2, 0.25) is 0 Å². The van der Waals surface area contributed by atoms with Crippen molar-refractivity contribution in [2.24, 2.45) is 11.7 Å². The van der Waals surface area contributed by atoms with Crippen LogP contribution in [0.15, 0.2) is 0 Å². The van der Waals surface area contributed by atoms with Crippen LogP contribution >= 0.6 is 0 Å². The summed E-state index contributed by atoms with van der Waals surface area (Å²) in [6, 6.07) is 0.517. The first-order chi connectivity index (χ1) is 8.27. The predicted octanol–water partition coefficient (Wildman–Crippen LogP) is 1.44. The van der Waals surface area contributed by atoms with Crippen LogP contribution in [-0.4, -0.2) is 32.2 Å². The highest BCUT2D eigenvalue weighted by atomic mass is 16.5. The van der Waals surface area contributed by atoms with E-state index in [1.54, 1.807) is 0 Å². The van der Waals surface area contributed by atoms with E-state index >= 15 is 0 Å². The summed E-state index contributed by atoms with van der Waals surface area (Å²) in [6.45, 7) is 1.55. The van der Waals surface area contributed by atoms with E-state index in [-0.39, 0.29) is 11.9 Å². The van der Waals surface area contributed by atoms with Gasteiger partial charge in [-0.1, -0.05) is 19.3 Å². The van der Waals surface area contributed by atoms with Crippen molar-refractivity contribution in [1.82, 2.24) is 5.32 Å². The lowest BCUT2D eigenvalue weighted by Crippen LogP contribution is -2.34. The minimum absolute atomic E-state index is 0.0375. The zero-order chi connectivity index (χ0) is 12.5. The Hall–Kier alpha value is -0.610. The quantitative estimate of drug-likeness (QED) is 0.732. The van der Waals surface area contributed by atoms with Crippen molar-refractivity contribution in [2.75, 3.05) is 20.2 Å². The van der Waals surface area contributed by atoms with E-state index in [1.807, 2.05) is 0 Å². The van der Waals surface area contributed by atoms with Crippen LogP contribution in [-0.2, 0) is 9.53 Å². The summed E-state index contributed by atoms with van der Waals surface area (Å²) in [7, 11) is 1.49. The van der Waals surface area contributed by atoms with Gasteiger partial charge in [-0.05, 0) is 25.7 Å². The monoisotopic (exact) mass is 242 g/mol. The number of nitrogens with two attached hydrogens (primary N) is 1. The smallest absolute Gasteiger partial charge is 0.308 e. The number of methoxy groups -OCH3 is 1. The van der Waals surface area contributed by atoms with Crippen molar-refractivity contribution in [3.63, 3.8) is 0 Å². The van der Waals surface area contributed by atoms with Crippen molar-refractivity contribution >= 4 is 5.97 Å². The molecule has 0 aromatic heterocycles. The Bertz CT molecular complexity index is 221. The van der Waals surface area contributed by atoms with Gasteiger partial charge in [-0.25, -0.2) is 0 Å². The normalized spacial score (nSPS) is 26.7. The fourth-order valence-corrected chi connectivity index (χ4v) is 2.54. The summed E-state index contributed by atoms with van der Waals surface area (Å²) in [5.41, 5.74) is 5.51. The van der Waals surface area contributed by atoms with Crippen molar-refractivity contribution in [3.8, 4) is 0 Å². The Kier molecular flexibility index (Phi) is 7.21. The second-order valence-electron chi connectivity index (χ2n) is 4.88. The van der Waals surface area contributed by atoms with E-state index in [2.05, 4.69) is 5.32 Å². The molecular weight excluding hydrogens is 216 g/mol. The van der Waals surface area contributed by atoms with E-state index < -0.39 is 0 Å². The van der Waals surface area contributed by atoms with Crippen molar-refractivity contribution in [3.05, 3.63) is 0 Å². The van der Waals surface area contributed by atoms with Gasteiger partial charge in [0.1, 0.15) is 0 Å². The van der Waals surface area contributed by atoms with Gasteiger partial charge < -0.3 is 15.8 Å². The minimum atomic E-state index is -0.0375. The van der Waals surface area contributed by atoms with Crippen LogP contribution in [0.1, 0.15) is 44.9 Å². The number of carbonyl (C=O) groups excluding carboxylic acids is 1. The molecule has 100 valence electrons. The first-order valence-corrected chi connectivity index (χ1v) is 6.79. The first kappa shape index (κ1) is 14.5. The molecule has 1 fully saturated rings. The molecule has 0 aromatic carbocycles. The first-order valence-electron chi connectivity index (χ1n) is 6.79. The average Bonchev–Trinajstić information content (AvgIpc) is 2.47. The molecule has 0 heterocycles. The van der Waals surface area contributed by atoms with Gasteiger partial charge >= 0.3 is 5.97 Å². The third-order valence-corrected chi connectivity index (χ3v) is 3.58. The van der Waals surface area contributed by atoms with Crippen LogP contribution in [0.25, 0.3) is 0 Å². The number of nitrogens with one attached hydrogen (secondary N) is 1. The molecule has 0 spiro atoms. The molecule has 4 heteroatoms. The van der Waals surface area contributed by atoms with Gasteiger partial charge in [-0.15, -0.1) is 0 Å². The molecule has 0 aliphatic heterocycles. The van der Waals surface area contributed by atoms with E-state index in [0.717, 1.165) is 32.2 Å². The fourth-order valence-electron chi connectivity index (χ4n) is 2.54. The Morgan fingerprint density at radius 2 is 2.00 bits per heavy atom. The van der Waals surface area contributed by atoms with Crippen LogP contribution in [0.4, 0.5) is 0 Å². The summed E-state index contributed by atoms with van der Waals surface area (Å²) in [5, 5.41) is 3.47. The van der Waals surface area contributed by atoms with Gasteiger partial charge in [0.25, 0.3) is 0 Å². The lowest BCUT2D eigenvalue weighted by Gasteiger charge is -2.19. The summed E-state index contributed by atoms with van der Waals surface area (Å²) in [5.74, 6) is 0.0600. The molecule has 1 saturated carbocycles. The maximum Gasteiger partial charge on any atom is 0.308 e. The van der Waals surface area contributed by atoms with Crippen LogP contribution in [0.5, 0.6) is 0 Å². The van der Waals surface area contributed by atoms with Crippen LogP contribution in [0.3, 0.4) is 0 Å². The van der Waals surface area contributed by atoms with Crippen LogP contribution < -0.4 is 11.1 Å². The SMILES string of the molecule is COC(=O)C1CCCCCC(NCCN)CC1. The van der Waals surface area contributed by atoms with E-state index in [9.17, 15) is 4.79 Å². The molecule has 2 unspecified atom stereocenters. The number of esters is 1. The van der Waals surface area contributed by atoms with Gasteiger partial charge in [0, 0.05) is 19.1 Å². The largest absolute Gasteiger partial charge is 0.469 e. The van der Waals surface area contributed by atoms with Crippen molar-refractivity contribution in [2.45, 2.75) is 51.0 Å². The Morgan fingerprint density at radius 1 is 1.24 bits per heavy atom. The van der Waals surface area contributed by atoms with Crippen molar-refractivity contribution < 1.29 is 9.53 Å². The van der Waals surface area contributed by atoms with E-state index in [1.165, 1.54) is 26.4 Å². The molecule has 3 N–H and O–H groups in total. The number of carbonyl (C=O) groups is 1. The third-order valence-electron chi connectivity index (χ3n) is 3.58. The predicted molar refractivity (Wildman–Crippen MR) is 68.7 cm³/mol. The molecule has 1 rings (SSSR count). The Balaban J connectivity index is 2.43. The van der Waals surface area contributed by atoms with Crippen molar-refractivity contribution in [1.29, 1.82) is 0 Å². The zero-order valence-electron chi connectivity index (χ0n) is 10.9. The standard InChI is InChI=1S/C13H26N2O2/c1-17-13(16)11-5-3-2-4-6-12(8-7-11)15-10-9-14/h11-12,15H,2-10,14H2,1H3. The average molecular weight is 242 g/mol. The maximum atomic E-state index is 11.6. The topological polar surface area (TPSA) is 64.3 Å². The molecule has 2 atom stereocenters. The summed E-state index contributed by atoms with van der Waals surface area (Å²) in [4.78, 5) is 11.6. The molecule has 17 heavy (non-hydrogen) atoms. The van der Waals surface area contributed by atoms with Gasteiger partial charge in [0.05, 0.1) is 13.0 Å². The number of hydrogen-bond donors (Lipinski definition) is 2. The summed E-state index contributed by atoms with van der Waals surface area (Å²) >= 11 is 0. The molecule has 1 aliphatic rings. The number of hydrogen-bond acceptors (Lipinski definition) is 4.